The fourth-order valence-corrected chi connectivity index (χ4v) is 5.29. The Labute approximate surface area is 205 Å². The molecule has 0 saturated heterocycles. The molecule has 4 rings (SSSR count). The van der Waals surface area contributed by atoms with Crippen LogP contribution in [0, 0.1) is 0 Å². The molecule has 0 radical (unpaired) electrons. The van der Waals surface area contributed by atoms with Gasteiger partial charge >= 0.3 is 8.25 Å². The maximum Gasteiger partial charge on any atom is 0.692 e. The minimum atomic E-state index is -3.33. The van der Waals surface area contributed by atoms with Crippen molar-refractivity contribution in [2.75, 3.05) is 6.26 Å². The van der Waals surface area contributed by atoms with E-state index >= 15 is 0 Å². The summed E-state index contributed by atoms with van der Waals surface area (Å²) >= 11 is 0. The number of rotatable bonds is 7. The second kappa shape index (κ2) is 11.5. The number of hydrogen-bond donors (Lipinski definition) is 2. The van der Waals surface area contributed by atoms with E-state index < -0.39 is 28.9 Å². The van der Waals surface area contributed by atoms with Crippen molar-refractivity contribution < 1.29 is 22.8 Å². The fourth-order valence-electron chi connectivity index (χ4n) is 4.20. The van der Waals surface area contributed by atoms with E-state index in [9.17, 15) is 8.42 Å². The standard InChI is InChI=1S/C25H25N3O2S.HO3P/c1-3-23(31(2,29)30)24-26-19-28(27-24)25(20-13-7-4-8-14-20,21-15-9-5-10-16-21)22-17-11-6-12-18-22;1-4(2)3/h4-19,23H,3H2,1-2H3;(H-,1,2,3)/p+1. The van der Waals surface area contributed by atoms with E-state index in [1.54, 1.807) is 11.0 Å². The van der Waals surface area contributed by atoms with Gasteiger partial charge in [-0.05, 0) is 23.1 Å². The van der Waals surface area contributed by atoms with Gasteiger partial charge in [0.25, 0.3) is 0 Å². The van der Waals surface area contributed by atoms with Crippen molar-refractivity contribution in [1.29, 1.82) is 0 Å². The zero-order valence-electron chi connectivity index (χ0n) is 19.3. The van der Waals surface area contributed by atoms with Gasteiger partial charge < -0.3 is 0 Å². The molecule has 0 amide bonds. The van der Waals surface area contributed by atoms with E-state index in [1.807, 2.05) is 61.5 Å². The second-order valence-corrected chi connectivity index (χ2v) is 10.6. The smallest absolute Gasteiger partial charge is 0.233 e. The maximum absolute atomic E-state index is 12.3. The summed E-state index contributed by atoms with van der Waals surface area (Å²) in [5, 5.41) is 4.03. The van der Waals surface area contributed by atoms with E-state index in [1.165, 1.54) is 6.26 Å². The summed E-state index contributed by atoms with van der Waals surface area (Å²) in [5.74, 6) is 0.317. The van der Waals surface area contributed by atoms with Crippen LogP contribution in [-0.2, 0) is 19.9 Å². The molecule has 182 valence electrons. The van der Waals surface area contributed by atoms with Crippen molar-refractivity contribution in [2.24, 2.45) is 0 Å². The van der Waals surface area contributed by atoms with Crippen LogP contribution < -0.4 is 0 Å². The predicted octanol–water partition coefficient (Wildman–Crippen LogP) is 4.24. The Balaban J connectivity index is 0.000000795. The molecule has 0 saturated carbocycles. The SMILES string of the molecule is CCC(c1ncn(C(c2ccccc2)(c2ccccc2)c2ccccc2)n1)S(C)(=O)=O.O=[P+](O)O. The number of aromatic nitrogens is 3. The number of benzene rings is 3. The highest BCUT2D eigenvalue weighted by molar-refractivity contribution is 7.90. The summed E-state index contributed by atoms with van der Waals surface area (Å²) in [7, 11) is -6.20. The van der Waals surface area contributed by atoms with Gasteiger partial charge in [-0.25, -0.2) is 18.1 Å². The quantitative estimate of drug-likeness (QED) is 0.280. The van der Waals surface area contributed by atoms with Gasteiger partial charge in [0.05, 0.1) is 0 Å². The molecule has 8 nitrogen and oxygen atoms in total. The average molecular weight is 513 g/mol. The summed E-state index contributed by atoms with van der Waals surface area (Å²) in [4.78, 5) is 18.7. The second-order valence-electron chi connectivity index (χ2n) is 7.83. The first-order valence-corrected chi connectivity index (χ1v) is 14.0. The minimum Gasteiger partial charge on any atom is -0.233 e. The number of hydrogen-bond acceptors (Lipinski definition) is 5. The molecule has 2 N–H and O–H groups in total. The molecule has 0 spiro atoms. The number of nitrogens with zero attached hydrogens (tertiary/aromatic N) is 3. The monoisotopic (exact) mass is 512 g/mol. The summed E-state index contributed by atoms with van der Waals surface area (Å²) < 4.78 is 35.2. The van der Waals surface area contributed by atoms with Crippen LogP contribution in [-0.4, -0.2) is 39.2 Å². The zero-order valence-corrected chi connectivity index (χ0v) is 21.0. The summed E-state index contributed by atoms with van der Waals surface area (Å²) in [6.45, 7) is 1.84. The molecule has 1 aromatic heterocycles. The molecule has 0 fully saturated rings. The van der Waals surface area contributed by atoms with E-state index in [-0.39, 0.29) is 0 Å². The lowest BCUT2D eigenvalue weighted by Crippen LogP contribution is -2.38. The minimum absolute atomic E-state index is 0.317. The molecule has 10 heteroatoms. The summed E-state index contributed by atoms with van der Waals surface area (Å²) in [5.41, 5.74) is 2.23. The molecule has 0 aliphatic heterocycles. The fraction of sp³-hybridized carbons (Fsp3) is 0.200. The van der Waals surface area contributed by atoms with Gasteiger partial charge in [0.2, 0.25) is 0 Å². The first-order chi connectivity index (χ1) is 16.7. The Morgan fingerprint density at radius 2 is 1.23 bits per heavy atom. The van der Waals surface area contributed by atoms with E-state index in [4.69, 9.17) is 19.5 Å². The molecule has 1 unspecified atom stereocenters. The molecule has 3 aromatic carbocycles. The van der Waals surface area contributed by atoms with Crippen LogP contribution in [0.4, 0.5) is 0 Å². The lowest BCUT2D eigenvalue weighted by Gasteiger charge is -2.35. The Morgan fingerprint density at radius 3 is 1.54 bits per heavy atom. The van der Waals surface area contributed by atoms with Crippen LogP contribution >= 0.6 is 8.25 Å². The van der Waals surface area contributed by atoms with Crippen LogP contribution in [0.2, 0.25) is 0 Å². The maximum atomic E-state index is 12.3. The van der Waals surface area contributed by atoms with Crippen LogP contribution in [0.25, 0.3) is 0 Å². The van der Waals surface area contributed by atoms with Gasteiger partial charge in [0, 0.05) is 10.8 Å². The topological polar surface area (TPSA) is 122 Å². The Hall–Kier alpha value is -3.23. The Bertz CT molecular complexity index is 1250. The molecule has 35 heavy (non-hydrogen) atoms. The third-order valence-electron chi connectivity index (χ3n) is 5.60. The van der Waals surface area contributed by atoms with Crippen LogP contribution in [0.3, 0.4) is 0 Å². The van der Waals surface area contributed by atoms with Gasteiger partial charge in [0.1, 0.15) is 17.1 Å². The molecule has 0 bridgehead atoms. The Kier molecular flexibility index (Phi) is 8.64. The van der Waals surface area contributed by atoms with Crippen molar-refractivity contribution in [2.45, 2.75) is 24.1 Å². The first kappa shape index (κ1) is 26.4. The van der Waals surface area contributed by atoms with Gasteiger partial charge in [-0.3, -0.25) is 0 Å². The molecule has 1 atom stereocenters. The van der Waals surface area contributed by atoms with Crippen molar-refractivity contribution in [3.05, 3.63) is 120 Å². The van der Waals surface area contributed by atoms with Crippen molar-refractivity contribution in [3.8, 4) is 0 Å². The highest BCUT2D eigenvalue weighted by atomic mass is 32.2. The Morgan fingerprint density at radius 1 is 0.857 bits per heavy atom. The van der Waals surface area contributed by atoms with Crippen LogP contribution in [0.1, 0.15) is 41.1 Å². The molecular formula is C25H27N3O5PS+. The highest BCUT2D eigenvalue weighted by Gasteiger charge is 2.40. The van der Waals surface area contributed by atoms with Crippen molar-refractivity contribution >= 4 is 18.1 Å². The van der Waals surface area contributed by atoms with Gasteiger partial charge in [-0.15, -0.1) is 9.79 Å². The average Bonchev–Trinajstić information content (AvgIpc) is 3.30. The molecule has 4 aromatic rings. The normalized spacial score (nSPS) is 12.3. The molecule has 0 aliphatic carbocycles. The van der Waals surface area contributed by atoms with E-state index in [2.05, 4.69) is 41.4 Å². The lowest BCUT2D eigenvalue weighted by atomic mass is 9.77. The third kappa shape index (κ3) is 5.89. The molecular weight excluding hydrogens is 485 g/mol. The predicted molar refractivity (Wildman–Crippen MR) is 135 cm³/mol. The molecule has 0 aliphatic rings. The van der Waals surface area contributed by atoms with Gasteiger partial charge in [0.15, 0.2) is 15.7 Å². The van der Waals surface area contributed by atoms with Gasteiger partial charge in [-0.1, -0.05) is 97.9 Å². The van der Waals surface area contributed by atoms with Crippen molar-refractivity contribution in [3.63, 3.8) is 0 Å². The van der Waals surface area contributed by atoms with Crippen LogP contribution in [0.5, 0.6) is 0 Å². The summed E-state index contributed by atoms with van der Waals surface area (Å²) in [6, 6.07) is 30.3. The van der Waals surface area contributed by atoms with Crippen LogP contribution in [0.15, 0.2) is 97.3 Å². The summed E-state index contributed by atoms with van der Waals surface area (Å²) in [6.07, 6.45) is 3.30. The first-order valence-electron chi connectivity index (χ1n) is 10.8. The van der Waals surface area contributed by atoms with Gasteiger partial charge in [-0.2, -0.15) is 5.10 Å². The van der Waals surface area contributed by atoms with E-state index in [0.717, 1.165) is 16.7 Å². The zero-order chi connectivity index (χ0) is 25.5. The van der Waals surface area contributed by atoms with E-state index in [0.29, 0.717) is 12.2 Å². The molecule has 1 heterocycles. The van der Waals surface area contributed by atoms with Crippen molar-refractivity contribution in [1.82, 2.24) is 14.8 Å². The highest BCUT2D eigenvalue weighted by Crippen LogP contribution is 2.40. The number of sulfone groups is 1. The third-order valence-corrected chi connectivity index (χ3v) is 7.18. The largest absolute Gasteiger partial charge is 0.692 e. The lowest BCUT2D eigenvalue weighted by molar-refractivity contribution is 0.405.